The highest BCUT2D eigenvalue weighted by atomic mass is 31.1. The van der Waals surface area contributed by atoms with E-state index in [4.69, 9.17) is 30.3 Å². The van der Waals surface area contributed by atoms with Crippen molar-refractivity contribution in [2.45, 2.75) is 27.7 Å². The molecular formula is C34H54N3O8P. The van der Waals surface area contributed by atoms with E-state index in [2.05, 4.69) is 47.6 Å². The summed E-state index contributed by atoms with van der Waals surface area (Å²) in [6.07, 6.45) is 0. The van der Waals surface area contributed by atoms with E-state index in [1.54, 1.807) is 0 Å². The van der Waals surface area contributed by atoms with Crippen LogP contribution in [0.15, 0.2) is 72.8 Å². The third-order valence-corrected chi connectivity index (χ3v) is 7.82. The number of hydrogen-bond donors (Lipinski definition) is 8. The molecule has 0 aliphatic carbocycles. The average molecular weight is 664 g/mol. The van der Waals surface area contributed by atoms with Gasteiger partial charge in [0.15, 0.2) is 0 Å². The van der Waals surface area contributed by atoms with E-state index >= 15 is 0 Å². The van der Waals surface area contributed by atoms with Crippen LogP contribution in [0.25, 0.3) is 0 Å². The molecule has 1 unspecified atom stereocenters. The molecule has 0 radical (unpaired) electrons. The molecule has 258 valence electrons. The lowest BCUT2D eigenvalue weighted by Gasteiger charge is -2.20. The van der Waals surface area contributed by atoms with Crippen LogP contribution in [0.4, 0.5) is 0 Å². The molecule has 3 aromatic carbocycles. The molecule has 0 aliphatic rings. The number of aryl methyl sites for hydroxylation is 1. The second-order valence-electron chi connectivity index (χ2n) is 8.61. The first kappa shape index (κ1) is 44.9. The minimum atomic E-state index is -0.855. The van der Waals surface area contributed by atoms with E-state index in [-0.39, 0.29) is 51.5 Å². The first-order chi connectivity index (χ1) is 22.4. The standard InChI is InChI=1S/C27H31N2O4P.2C2H6O2.C2H6.CH5N/c1-3-28-26(31)21-6-12-24(13-7-21)34(23-10-4-20(2)5-11-23)25-14-8-22(9-15-25)27(32)29-16-18-33-19-17-30;2*3-1-2-4;2*1-2/h4-15,30H,3,16-19H2,1-2H3,(H,28,31)(H,29,32);2*3-4H,1-2H2;1-2H3;2H2,1H3. The summed E-state index contributed by atoms with van der Waals surface area (Å²) in [6, 6.07) is 23.9. The van der Waals surface area contributed by atoms with Gasteiger partial charge in [-0.05, 0) is 69.0 Å². The fourth-order valence-electron chi connectivity index (χ4n) is 3.43. The third-order valence-electron chi connectivity index (χ3n) is 5.37. The Morgan fingerprint density at radius 1 is 0.630 bits per heavy atom. The second kappa shape index (κ2) is 30.4. The Morgan fingerprint density at radius 2 is 1.00 bits per heavy atom. The quantitative estimate of drug-likeness (QED) is 0.0964. The smallest absolute Gasteiger partial charge is 0.251 e. The number of aliphatic hydroxyl groups is 5. The van der Waals surface area contributed by atoms with Crippen molar-refractivity contribution in [3.05, 3.63) is 89.5 Å². The van der Waals surface area contributed by atoms with E-state index in [1.165, 1.54) is 17.9 Å². The van der Waals surface area contributed by atoms with Gasteiger partial charge in [0.25, 0.3) is 11.8 Å². The molecule has 0 saturated heterocycles. The molecule has 1 atom stereocenters. The molecule has 0 spiro atoms. The zero-order valence-electron chi connectivity index (χ0n) is 27.8. The van der Waals surface area contributed by atoms with Gasteiger partial charge in [0.2, 0.25) is 0 Å². The predicted octanol–water partition coefficient (Wildman–Crippen LogP) is 0.785. The number of benzene rings is 3. The van der Waals surface area contributed by atoms with Crippen molar-refractivity contribution >= 4 is 35.6 Å². The molecule has 0 fully saturated rings. The number of amides is 2. The molecule has 3 rings (SSSR count). The highest BCUT2D eigenvalue weighted by Gasteiger charge is 2.18. The molecule has 0 aromatic heterocycles. The van der Waals surface area contributed by atoms with Crippen LogP contribution in [0.3, 0.4) is 0 Å². The number of carbonyl (C=O) groups is 2. The molecule has 3 aromatic rings. The van der Waals surface area contributed by atoms with Crippen LogP contribution in [-0.4, -0.2) is 104 Å². The molecule has 0 aliphatic heterocycles. The Morgan fingerprint density at radius 3 is 1.35 bits per heavy atom. The Balaban J connectivity index is 0. The number of nitrogens with one attached hydrogen (secondary N) is 2. The first-order valence-corrected chi connectivity index (χ1v) is 16.5. The molecule has 46 heavy (non-hydrogen) atoms. The van der Waals surface area contributed by atoms with Crippen molar-refractivity contribution < 1.29 is 39.9 Å². The van der Waals surface area contributed by atoms with Crippen molar-refractivity contribution in [3.8, 4) is 0 Å². The van der Waals surface area contributed by atoms with Gasteiger partial charge in [-0.3, -0.25) is 9.59 Å². The van der Waals surface area contributed by atoms with Crippen molar-refractivity contribution in [1.82, 2.24) is 10.6 Å². The predicted molar refractivity (Wildman–Crippen MR) is 188 cm³/mol. The van der Waals surface area contributed by atoms with E-state index in [0.717, 1.165) is 10.6 Å². The lowest BCUT2D eigenvalue weighted by Crippen LogP contribution is -2.28. The van der Waals surface area contributed by atoms with Gasteiger partial charge < -0.3 is 46.6 Å². The summed E-state index contributed by atoms with van der Waals surface area (Å²) in [5, 5.41) is 48.3. The first-order valence-electron chi connectivity index (χ1n) is 15.2. The van der Waals surface area contributed by atoms with Gasteiger partial charge in [0, 0.05) is 24.2 Å². The van der Waals surface area contributed by atoms with Gasteiger partial charge in [-0.2, -0.15) is 0 Å². The van der Waals surface area contributed by atoms with Gasteiger partial charge in [0.1, 0.15) is 0 Å². The number of aliphatic hydroxyl groups excluding tert-OH is 5. The Bertz CT molecular complexity index is 1140. The van der Waals surface area contributed by atoms with Gasteiger partial charge in [-0.1, -0.05) is 67.9 Å². The number of nitrogens with two attached hydrogens (primary N) is 1. The molecule has 0 saturated carbocycles. The number of ether oxygens (including phenoxy) is 1. The Hall–Kier alpha value is -3.25. The summed E-state index contributed by atoms with van der Waals surface area (Å²) in [5.41, 5.74) is 6.91. The normalized spacial score (nSPS) is 10.2. The van der Waals surface area contributed by atoms with Crippen molar-refractivity contribution in [2.24, 2.45) is 5.73 Å². The summed E-state index contributed by atoms with van der Waals surface area (Å²) in [4.78, 5) is 24.6. The van der Waals surface area contributed by atoms with E-state index < -0.39 is 7.92 Å². The van der Waals surface area contributed by atoms with Crippen LogP contribution in [0.1, 0.15) is 47.1 Å². The highest BCUT2D eigenvalue weighted by molar-refractivity contribution is 7.79. The lowest BCUT2D eigenvalue weighted by atomic mass is 10.2. The number of rotatable bonds is 13. The molecule has 0 bridgehead atoms. The maximum atomic E-state index is 12.4. The van der Waals surface area contributed by atoms with Crippen molar-refractivity contribution in [1.29, 1.82) is 0 Å². The lowest BCUT2D eigenvalue weighted by molar-refractivity contribution is 0.0838. The van der Waals surface area contributed by atoms with Crippen LogP contribution < -0.4 is 32.3 Å². The Kier molecular flexibility index (Phi) is 29.7. The minimum absolute atomic E-state index is 0.0337. The molecular weight excluding hydrogens is 609 g/mol. The van der Waals surface area contributed by atoms with Crippen molar-refractivity contribution in [3.63, 3.8) is 0 Å². The largest absolute Gasteiger partial charge is 0.394 e. The fourth-order valence-corrected chi connectivity index (χ4v) is 5.67. The van der Waals surface area contributed by atoms with Crippen LogP contribution in [0.5, 0.6) is 0 Å². The summed E-state index contributed by atoms with van der Waals surface area (Å²) in [6.45, 7) is 9.02. The van der Waals surface area contributed by atoms with Gasteiger partial charge in [-0.25, -0.2) is 0 Å². The molecule has 12 heteroatoms. The third kappa shape index (κ3) is 18.7. The van der Waals surface area contributed by atoms with Gasteiger partial charge in [0.05, 0.1) is 46.2 Å². The maximum absolute atomic E-state index is 12.4. The zero-order chi connectivity index (χ0) is 35.2. The number of hydrogen-bond acceptors (Lipinski definition) is 9. The average Bonchev–Trinajstić information content (AvgIpc) is 3.11. The molecule has 9 N–H and O–H groups in total. The maximum Gasteiger partial charge on any atom is 0.251 e. The fraction of sp³-hybridized carbons (Fsp3) is 0.412. The van der Waals surface area contributed by atoms with Crippen molar-refractivity contribution in [2.75, 3.05) is 66.4 Å². The van der Waals surface area contributed by atoms with Crippen LogP contribution in [-0.2, 0) is 4.74 Å². The van der Waals surface area contributed by atoms with E-state index in [9.17, 15) is 9.59 Å². The molecule has 2 amide bonds. The highest BCUT2D eigenvalue weighted by Crippen LogP contribution is 2.33. The van der Waals surface area contributed by atoms with Gasteiger partial charge in [-0.15, -0.1) is 0 Å². The Labute approximate surface area is 275 Å². The van der Waals surface area contributed by atoms with E-state index in [0.29, 0.717) is 30.8 Å². The SMILES string of the molecule is CC.CCNC(=O)c1ccc(P(c2ccc(C)cc2)c2ccc(C(=O)NCCOCCO)cc2)cc1.CN.OCCO.OCCO. The summed E-state index contributed by atoms with van der Waals surface area (Å²) in [7, 11) is 0.645. The topological polar surface area (TPSA) is 195 Å². The van der Waals surface area contributed by atoms with Crippen LogP contribution in [0.2, 0.25) is 0 Å². The summed E-state index contributed by atoms with van der Waals surface area (Å²) < 4.78 is 5.18. The van der Waals surface area contributed by atoms with Gasteiger partial charge >= 0.3 is 0 Å². The molecule has 0 heterocycles. The zero-order valence-corrected chi connectivity index (χ0v) is 28.7. The summed E-state index contributed by atoms with van der Waals surface area (Å²) >= 11 is 0. The number of carbonyl (C=O) groups excluding carboxylic acids is 2. The van der Waals surface area contributed by atoms with Crippen LogP contribution >= 0.6 is 7.92 Å². The second-order valence-corrected chi connectivity index (χ2v) is 10.8. The monoisotopic (exact) mass is 663 g/mol. The summed E-state index contributed by atoms with van der Waals surface area (Å²) in [5.74, 6) is -0.240. The molecule has 11 nitrogen and oxygen atoms in total. The van der Waals surface area contributed by atoms with E-state index in [1.807, 2.05) is 69.3 Å². The minimum Gasteiger partial charge on any atom is -0.394 e. The van der Waals surface area contributed by atoms with Crippen LogP contribution in [0, 0.1) is 6.92 Å².